The average Bonchev–Trinajstić information content (AvgIpc) is 2.33. The molecule has 108 valence electrons. The Hall–Kier alpha value is -0.420. The van der Waals surface area contributed by atoms with E-state index >= 15 is 0 Å². The van der Waals surface area contributed by atoms with Crippen molar-refractivity contribution in [3.8, 4) is 0 Å². The number of ether oxygens (including phenoxy) is 1. The van der Waals surface area contributed by atoms with Gasteiger partial charge in [-0.2, -0.15) is 0 Å². The van der Waals surface area contributed by atoms with Crippen molar-refractivity contribution in [2.75, 3.05) is 19.8 Å². The predicted molar refractivity (Wildman–Crippen MR) is 68.2 cm³/mol. The number of nitrogens with one attached hydrogen (secondary N) is 1. The molecule has 0 aromatic rings. The summed E-state index contributed by atoms with van der Waals surface area (Å²) in [6.45, 7) is 3.90. The first-order valence-electron chi connectivity index (χ1n) is 6.27. The molecule has 1 N–H and O–H groups in total. The third-order valence-electron chi connectivity index (χ3n) is 2.77. The van der Waals surface area contributed by atoms with Crippen LogP contribution < -0.4 is 5.32 Å². The third-order valence-corrected chi connectivity index (χ3v) is 3.28. The van der Waals surface area contributed by atoms with E-state index in [9.17, 15) is 13.6 Å². The van der Waals surface area contributed by atoms with Gasteiger partial charge in [0.05, 0.1) is 12.0 Å². The molecule has 0 spiro atoms. The molecule has 1 unspecified atom stereocenters. The van der Waals surface area contributed by atoms with E-state index in [0.29, 0.717) is 12.5 Å². The standard InChI is InChI=1S/C12H22ClF2NO2/c1-3-9(4-2)10(13)7-16-12(17)5-6-18-8-11(14)15/h9-11H,3-8H2,1-2H3,(H,16,17). The number of rotatable bonds is 10. The number of amides is 1. The van der Waals surface area contributed by atoms with E-state index in [1.54, 1.807) is 0 Å². The molecule has 1 atom stereocenters. The van der Waals surface area contributed by atoms with Crippen LogP contribution in [0.2, 0.25) is 0 Å². The van der Waals surface area contributed by atoms with Crippen molar-refractivity contribution >= 4 is 17.5 Å². The summed E-state index contributed by atoms with van der Waals surface area (Å²) in [6, 6.07) is 0. The average molecular weight is 286 g/mol. The zero-order chi connectivity index (χ0) is 14.0. The summed E-state index contributed by atoms with van der Waals surface area (Å²) in [5.74, 6) is 0.155. The van der Waals surface area contributed by atoms with Crippen LogP contribution in [-0.2, 0) is 9.53 Å². The van der Waals surface area contributed by atoms with Crippen LogP contribution in [0.15, 0.2) is 0 Å². The molecule has 0 aromatic heterocycles. The van der Waals surface area contributed by atoms with Gasteiger partial charge in [-0.15, -0.1) is 11.6 Å². The summed E-state index contributed by atoms with van der Waals surface area (Å²) in [5, 5.41) is 2.59. The smallest absolute Gasteiger partial charge is 0.261 e. The van der Waals surface area contributed by atoms with Crippen LogP contribution in [0, 0.1) is 5.92 Å². The summed E-state index contributed by atoms with van der Waals surface area (Å²) in [6.07, 6.45) is -0.467. The van der Waals surface area contributed by atoms with Gasteiger partial charge in [-0.3, -0.25) is 4.79 Å². The molecule has 18 heavy (non-hydrogen) atoms. The highest BCUT2D eigenvalue weighted by atomic mass is 35.5. The van der Waals surface area contributed by atoms with E-state index < -0.39 is 13.0 Å². The topological polar surface area (TPSA) is 38.3 Å². The number of hydrogen-bond donors (Lipinski definition) is 1. The zero-order valence-electron chi connectivity index (χ0n) is 10.9. The highest BCUT2D eigenvalue weighted by Crippen LogP contribution is 2.17. The van der Waals surface area contributed by atoms with Crippen LogP contribution in [0.5, 0.6) is 0 Å². The van der Waals surface area contributed by atoms with Crippen molar-refractivity contribution in [2.45, 2.75) is 44.9 Å². The molecule has 1 amide bonds. The van der Waals surface area contributed by atoms with E-state index in [1.165, 1.54) is 0 Å². The van der Waals surface area contributed by atoms with Crippen molar-refractivity contribution in [3.05, 3.63) is 0 Å². The maximum absolute atomic E-state index is 11.7. The Labute approximate surface area is 112 Å². The fraction of sp³-hybridized carbons (Fsp3) is 0.917. The lowest BCUT2D eigenvalue weighted by atomic mass is 9.99. The molecule has 0 saturated heterocycles. The van der Waals surface area contributed by atoms with Crippen LogP contribution in [0.3, 0.4) is 0 Å². The number of carbonyl (C=O) groups is 1. The minimum atomic E-state index is -2.49. The fourth-order valence-electron chi connectivity index (χ4n) is 1.60. The van der Waals surface area contributed by atoms with E-state index in [2.05, 4.69) is 23.9 Å². The molecule has 6 heteroatoms. The lowest BCUT2D eigenvalue weighted by Crippen LogP contribution is -2.33. The van der Waals surface area contributed by atoms with Crippen molar-refractivity contribution in [2.24, 2.45) is 5.92 Å². The predicted octanol–water partition coefficient (Wildman–Crippen LogP) is 2.82. The summed E-state index contributed by atoms with van der Waals surface area (Å²) < 4.78 is 28.1. The van der Waals surface area contributed by atoms with E-state index in [1.807, 2.05) is 0 Å². The first kappa shape index (κ1) is 17.6. The molecule has 0 aliphatic carbocycles. The highest BCUT2D eigenvalue weighted by molar-refractivity contribution is 6.21. The van der Waals surface area contributed by atoms with Crippen molar-refractivity contribution in [1.29, 1.82) is 0 Å². The highest BCUT2D eigenvalue weighted by Gasteiger charge is 2.16. The van der Waals surface area contributed by atoms with Gasteiger partial charge in [0, 0.05) is 13.0 Å². The van der Waals surface area contributed by atoms with Gasteiger partial charge in [0.2, 0.25) is 5.91 Å². The molecular weight excluding hydrogens is 264 g/mol. The Morgan fingerprint density at radius 3 is 2.44 bits per heavy atom. The van der Waals surface area contributed by atoms with E-state index in [-0.39, 0.29) is 24.3 Å². The van der Waals surface area contributed by atoms with Gasteiger partial charge in [0.1, 0.15) is 6.61 Å². The molecule has 0 heterocycles. The summed E-state index contributed by atoms with van der Waals surface area (Å²) in [7, 11) is 0. The summed E-state index contributed by atoms with van der Waals surface area (Å²) >= 11 is 6.15. The summed E-state index contributed by atoms with van der Waals surface area (Å²) in [5.41, 5.74) is 0. The van der Waals surface area contributed by atoms with Gasteiger partial charge in [0.15, 0.2) is 0 Å². The van der Waals surface area contributed by atoms with E-state index in [4.69, 9.17) is 11.6 Å². The van der Waals surface area contributed by atoms with Crippen LogP contribution in [0.4, 0.5) is 8.78 Å². The van der Waals surface area contributed by atoms with Gasteiger partial charge < -0.3 is 10.1 Å². The SMILES string of the molecule is CCC(CC)C(Cl)CNC(=O)CCOCC(F)F. The van der Waals surface area contributed by atoms with Crippen molar-refractivity contribution < 1.29 is 18.3 Å². The lowest BCUT2D eigenvalue weighted by Gasteiger charge is -2.19. The number of carbonyl (C=O) groups excluding carboxylic acids is 1. The second-order valence-electron chi connectivity index (χ2n) is 4.11. The molecule has 0 rings (SSSR count). The normalized spacial score (nSPS) is 13.1. The molecule has 0 aromatic carbocycles. The molecule has 0 fully saturated rings. The first-order valence-corrected chi connectivity index (χ1v) is 6.71. The monoisotopic (exact) mass is 285 g/mol. The first-order chi connectivity index (χ1) is 8.51. The van der Waals surface area contributed by atoms with Gasteiger partial charge in [-0.1, -0.05) is 26.7 Å². The largest absolute Gasteiger partial charge is 0.375 e. The minimum Gasteiger partial charge on any atom is -0.375 e. The second-order valence-corrected chi connectivity index (χ2v) is 4.67. The quantitative estimate of drug-likeness (QED) is 0.495. The Kier molecular flexibility index (Phi) is 10.3. The Morgan fingerprint density at radius 1 is 1.33 bits per heavy atom. The van der Waals surface area contributed by atoms with Gasteiger partial charge >= 0.3 is 0 Å². The van der Waals surface area contributed by atoms with Crippen LogP contribution in [0.25, 0.3) is 0 Å². The maximum Gasteiger partial charge on any atom is 0.261 e. The number of hydrogen-bond acceptors (Lipinski definition) is 2. The summed E-state index contributed by atoms with van der Waals surface area (Å²) in [4.78, 5) is 11.4. The fourth-order valence-corrected chi connectivity index (χ4v) is 2.04. The van der Waals surface area contributed by atoms with Crippen LogP contribution in [-0.4, -0.2) is 37.5 Å². The molecule has 0 saturated carbocycles. The van der Waals surface area contributed by atoms with E-state index in [0.717, 1.165) is 12.8 Å². The van der Waals surface area contributed by atoms with Gasteiger partial charge in [-0.25, -0.2) is 8.78 Å². The zero-order valence-corrected chi connectivity index (χ0v) is 11.7. The third kappa shape index (κ3) is 8.64. The molecule has 3 nitrogen and oxygen atoms in total. The van der Waals surface area contributed by atoms with Crippen molar-refractivity contribution in [3.63, 3.8) is 0 Å². The minimum absolute atomic E-state index is 0.00805. The molecular formula is C12H22ClF2NO2. The molecule has 0 aliphatic rings. The lowest BCUT2D eigenvalue weighted by molar-refractivity contribution is -0.122. The Morgan fingerprint density at radius 2 is 1.94 bits per heavy atom. The van der Waals surface area contributed by atoms with Crippen molar-refractivity contribution in [1.82, 2.24) is 5.32 Å². The van der Waals surface area contributed by atoms with Crippen LogP contribution >= 0.6 is 11.6 Å². The van der Waals surface area contributed by atoms with Crippen LogP contribution in [0.1, 0.15) is 33.1 Å². The maximum atomic E-state index is 11.7. The molecule has 0 aliphatic heterocycles. The Bertz CT molecular complexity index is 226. The Balaban J connectivity index is 3.63. The van der Waals surface area contributed by atoms with Gasteiger partial charge in [-0.05, 0) is 5.92 Å². The second kappa shape index (κ2) is 10.5. The molecule has 0 radical (unpaired) electrons. The molecule has 0 bridgehead atoms. The number of halogens is 3. The number of alkyl halides is 3. The van der Waals surface area contributed by atoms with Gasteiger partial charge in [0.25, 0.3) is 6.43 Å².